The zero-order valence-electron chi connectivity index (χ0n) is 8.58. The van der Waals surface area contributed by atoms with Gasteiger partial charge in [0.2, 0.25) is 0 Å². The molecule has 0 saturated carbocycles. The Morgan fingerprint density at radius 1 is 1.24 bits per heavy atom. The topological polar surface area (TPSA) is 74.6 Å². The molecular formula is C12H8O4S. The van der Waals surface area contributed by atoms with Crippen LogP contribution in [0.1, 0.15) is 20.0 Å². The molecule has 0 aliphatic rings. The Kier molecular flexibility index (Phi) is 2.93. The van der Waals surface area contributed by atoms with Gasteiger partial charge in [-0.3, -0.25) is 4.79 Å². The number of carbonyl (C=O) groups is 2. The number of hydrogen-bond donors (Lipinski definition) is 2. The second-order valence-corrected chi connectivity index (χ2v) is 4.31. The molecule has 0 unspecified atom stereocenters. The number of benzene rings is 1. The van der Waals surface area contributed by atoms with Crippen LogP contribution in [0.2, 0.25) is 0 Å². The fraction of sp³-hybridized carbons (Fsp3) is 0. The molecule has 2 N–H and O–H groups in total. The maximum absolute atomic E-state index is 10.7. The first-order chi connectivity index (χ1) is 8.11. The minimum atomic E-state index is -0.977. The summed E-state index contributed by atoms with van der Waals surface area (Å²) in [7, 11) is 0. The predicted molar refractivity (Wildman–Crippen MR) is 63.8 cm³/mol. The van der Waals surface area contributed by atoms with Crippen molar-refractivity contribution in [1.82, 2.24) is 0 Å². The summed E-state index contributed by atoms with van der Waals surface area (Å²) < 4.78 is 0. The Balaban J connectivity index is 2.42. The first-order valence-corrected chi connectivity index (χ1v) is 5.60. The maximum Gasteiger partial charge on any atom is 0.345 e. The molecule has 17 heavy (non-hydrogen) atoms. The van der Waals surface area contributed by atoms with Gasteiger partial charge in [-0.1, -0.05) is 6.07 Å². The molecule has 2 aromatic rings. The number of hydrogen-bond acceptors (Lipinski definition) is 4. The first kappa shape index (κ1) is 11.3. The number of aromatic hydroxyl groups is 1. The van der Waals surface area contributed by atoms with Crippen LogP contribution in [0, 0.1) is 0 Å². The zero-order valence-corrected chi connectivity index (χ0v) is 9.40. The third kappa shape index (κ3) is 2.19. The Hall–Kier alpha value is -2.14. The number of carboxylic acids is 1. The van der Waals surface area contributed by atoms with Crippen molar-refractivity contribution in [2.24, 2.45) is 0 Å². The van der Waals surface area contributed by atoms with Crippen LogP contribution in [-0.4, -0.2) is 22.5 Å². The van der Waals surface area contributed by atoms with Crippen molar-refractivity contribution in [2.45, 2.75) is 0 Å². The highest BCUT2D eigenvalue weighted by Gasteiger charge is 2.09. The molecule has 0 bridgehead atoms. The predicted octanol–water partition coefficient (Wildman–Crippen LogP) is 2.63. The van der Waals surface area contributed by atoms with Crippen LogP contribution in [0.3, 0.4) is 0 Å². The van der Waals surface area contributed by atoms with Crippen LogP contribution in [0.4, 0.5) is 0 Å². The van der Waals surface area contributed by atoms with Crippen LogP contribution < -0.4 is 0 Å². The molecule has 4 nitrogen and oxygen atoms in total. The van der Waals surface area contributed by atoms with Crippen LogP contribution in [0.25, 0.3) is 11.1 Å². The van der Waals surface area contributed by atoms with E-state index in [0.717, 1.165) is 11.3 Å². The lowest BCUT2D eigenvalue weighted by Gasteiger charge is -2.01. The molecule has 1 aromatic carbocycles. The Morgan fingerprint density at radius 3 is 2.53 bits per heavy atom. The molecule has 0 aliphatic heterocycles. The number of thiophene rings is 1. The molecule has 1 aromatic heterocycles. The summed E-state index contributed by atoms with van der Waals surface area (Å²) in [5, 5.41) is 20.0. The minimum Gasteiger partial charge on any atom is -0.507 e. The standard InChI is InChI=1S/C12H8O4S/c13-5-8-2-1-7(3-10(8)14)9-4-11(12(15)16)17-6-9/h1-6,14H,(H,15,16). The van der Waals surface area contributed by atoms with Crippen molar-refractivity contribution >= 4 is 23.6 Å². The van der Waals surface area contributed by atoms with Gasteiger partial charge in [0.15, 0.2) is 6.29 Å². The lowest BCUT2D eigenvalue weighted by atomic mass is 10.1. The lowest BCUT2D eigenvalue weighted by molar-refractivity contribution is 0.0702. The van der Waals surface area contributed by atoms with Crippen LogP contribution >= 0.6 is 11.3 Å². The molecule has 5 heteroatoms. The summed E-state index contributed by atoms with van der Waals surface area (Å²) in [6, 6.07) is 6.13. The molecule has 0 amide bonds. The molecule has 86 valence electrons. The van der Waals surface area contributed by atoms with E-state index in [1.165, 1.54) is 18.2 Å². The van der Waals surface area contributed by atoms with E-state index in [0.29, 0.717) is 17.4 Å². The fourth-order valence-electron chi connectivity index (χ4n) is 1.42. The molecule has 2 rings (SSSR count). The number of aromatic carboxylic acids is 1. The lowest BCUT2D eigenvalue weighted by Crippen LogP contribution is -1.90. The molecule has 0 aliphatic carbocycles. The number of aldehydes is 1. The molecule has 0 spiro atoms. The van der Waals surface area contributed by atoms with Crippen LogP contribution in [0.15, 0.2) is 29.6 Å². The maximum atomic E-state index is 10.7. The molecule has 0 atom stereocenters. The number of phenols is 1. The van der Waals surface area contributed by atoms with E-state index in [1.807, 2.05) is 0 Å². The highest BCUT2D eigenvalue weighted by atomic mass is 32.1. The minimum absolute atomic E-state index is 0.111. The molecular weight excluding hydrogens is 240 g/mol. The largest absolute Gasteiger partial charge is 0.507 e. The highest BCUT2D eigenvalue weighted by molar-refractivity contribution is 7.12. The van der Waals surface area contributed by atoms with E-state index < -0.39 is 5.97 Å². The van der Waals surface area contributed by atoms with Gasteiger partial charge in [-0.25, -0.2) is 4.79 Å². The molecule has 0 fully saturated rings. The molecule has 0 saturated heterocycles. The van der Waals surface area contributed by atoms with Gasteiger partial charge in [-0.2, -0.15) is 0 Å². The van der Waals surface area contributed by atoms with Gasteiger partial charge in [-0.05, 0) is 34.7 Å². The van der Waals surface area contributed by atoms with E-state index in [-0.39, 0.29) is 16.2 Å². The fourth-order valence-corrected chi connectivity index (χ4v) is 2.18. The zero-order chi connectivity index (χ0) is 12.4. The van der Waals surface area contributed by atoms with Gasteiger partial charge in [0.25, 0.3) is 0 Å². The number of phenolic OH excluding ortho intramolecular Hbond substituents is 1. The van der Waals surface area contributed by atoms with E-state index >= 15 is 0 Å². The quantitative estimate of drug-likeness (QED) is 0.819. The Morgan fingerprint density at radius 2 is 2.00 bits per heavy atom. The molecule has 0 radical (unpaired) electrons. The monoisotopic (exact) mass is 248 g/mol. The van der Waals surface area contributed by atoms with Gasteiger partial charge < -0.3 is 10.2 Å². The normalized spacial score (nSPS) is 10.1. The summed E-state index contributed by atoms with van der Waals surface area (Å²) in [4.78, 5) is 21.5. The van der Waals surface area contributed by atoms with Crippen molar-refractivity contribution in [3.05, 3.63) is 40.1 Å². The van der Waals surface area contributed by atoms with Gasteiger partial charge in [-0.15, -0.1) is 11.3 Å². The van der Waals surface area contributed by atoms with Gasteiger partial charge >= 0.3 is 5.97 Å². The van der Waals surface area contributed by atoms with E-state index in [2.05, 4.69) is 0 Å². The second kappa shape index (κ2) is 4.39. The summed E-state index contributed by atoms with van der Waals surface area (Å²) in [6.45, 7) is 0. The van der Waals surface area contributed by atoms with Crippen LogP contribution in [0.5, 0.6) is 5.75 Å². The smallest absolute Gasteiger partial charge is 0.345 e. The highest BCUT2D eigenvalue weighted by Crippen LogP contribution is 2.29. The summed E-state index contributed by atoms with van der Waals surface area (Å²) in [5.41, 5.74) is 1.60. The van der Waals surface area contributed by atoms with E-state index in [4.69, 9.17) is 5.11 Å². The van der Waals surface area contributed by atoms with Crippen molar-refractivity contribution in [1.29, 1.82) is 0 Å². The van der Waals surface area contributed by atoms with Gasteiger partial charge in [0, 0.05) is 0 Å². The Labute approximate surface area is 101 Å². The average Bonchev–Trinajstić information content (AvgIpc) is 2.78. The van der Waals surface area contributed by atoms with Gasteiger partial charge in [0.1, 0.15) is 10.6 Å². The van der Waals surface area contributed by atoms with E-state index in [9.17, 15) is 14.7 Å². The van der Waals surface area contributed by atoms with Crippen molar-refractivity contribution in [2.75, 3.05) is 0 Å². The SMILES string of the molecule is O=Cc1ccc(-c2csc(C(=O)O)c2)cc1O. The average molecular weight is 248 g/mol. The second-order valence-electron chi connectivity index (χ2n) is 3.40. The summed E-state index contributed by atoms with van der Waals surface area (Å²) in [5.74, 6) is -1.09. The third-order valence-corrected chi connectivity index (χ3v) is 3.22. The first-order valence-electron chi connectivity index (χ1n) is 4.72. The number of carboxylic acid groups (broad SMARTS) is 1. The number of carbonyl (C=O) groups excluding carboxylic acids is 1. The van der Waals surface area contributed by atoms with Crippen molar-refractivity contribution < 1.29 is 19.8 Å². The molecule has 1 heterocycles. The van der Waals surface area contributed by atoms with Crippen LogP contribution in [-0.2, 0) is 0 Å². The van der Waals surface area contributed by atoms with Crippen molar-refractivity contribution in [3.63, 3.8) is 0 Å². The summed E-state index contributed by atoms with van der Waals surface area (Å²) >= 11 is 1.12. The van der Waals surface area contributed by atoms with Gasteiger partial charge in [0.05, 0.1) is 5.56 Å². The van der Waals surface area contributed by atoms with E-state index in [1.54, 1.807) is 11.4 Å². The number of rotatable bonds is 3. The summed E-state index contributed by atoms with van der Waals surface area (Å²) in [6.07, 6.45) is 0.565. The third-order valence-electron chi connectivity index (χ3n) is 2.30. The van der Waals surface area contributed by atoms with Crippen molar-refractivity contribution in [3.8, 4) is 16.9 Å². The Bertz CT molecular complexity index is 586.